The highest BCUT2D eigenvalue weighted by Gasteiger charge is 2.32. The second kappa shape index (κ2) is 5.93. The molecular formula is C14H20N2O3. The van der Waals surface area contributed by atoms with Gasteiger partial charge in [0.15, 0.2) is 0 Å². The quantitative estimate of drug-likeness (QED) is 0.823. The fourth-order valence-corrected chi connectivity index (χ4v) is 2.44. The molecule has 1 heterocycles. The number of rotatable bonds is 4. The van der Waals surface area contributed by atoms with Crippen LogP contribution < -0.4 is 15.4 Å². The zero-order chi connectivity index (χ0) is 13.8. The van der Waals surface area contributed by atoms with Gasteiger partial charge in [0.1, 0.15) is 11.8 Å². The summed E-state index contributed by atoms with van der Waals surface area (Å²) in [6.45, 7) is 1.68. The zero-order valence-electron chi connectivity index (χ0n) is 11.3. The van der Waals surface area contributed by atoms with Gasteiger partial charge in [-0.15, -0.1) is 0 Å². The second-order valence-corrected chi connectivity index (χ2v) is 4.74. The van der Waals surface area contributed by atoms with Crippen molar-refractivity contribution in [3.05, 3.63) is 24.3 Å². The lowest BCUT2D eigenvalue weighted by atomic mass is 10.0. The molecule has 1 saturated heterocycles. The predicted molar refractivity (Wildman–Crippen MR) is 73.3 cm³/mol. The Kier molecular flexibility index (Phi) is 4.27. The number of anilines is 1. The summed E-state index contributed by atoms with van der Waals surface area (Å²) in [5.74, 6) is 0.655. The molecule has 0 radical (unpaired) electrons. The molecule has 2 N–H and O–H groups in total. The van der Waals surface area contributed by atoms with Crippen LogP contribution in [0.2, 0.25) is 0 Å². The first-order chi connectivity index (χ1) is 9.15. The Morgan fingerprint density at radius 2 is 2.05 bits per heavy atom. The van der Waals surface area contributed by atoms with Crippen LogP contribution in [0.4, 0.5) is 5.69 Å². The van der Waals surface area contributed by atoms with E-state index in [2.05, 4.69) is 4.90 Å². The molecule has 1 aliphatic rings. The van der Waals surface area contributed by atoms with E-state index in [1.165, 1.54) is 7.11 Å². The third-order valence-corrected chi connectivity index (χ3v) is 3.64. The van der Waals surface area contributed by atoms with Gasteiger partial charge in [0.25, 0.3) is 0 Å². The first-order valence-electron chi connectivity index (χ1n) is 6.38. The highest BCUT2D eigenvalue weighted by molar-refractivity contribution is 5.76. The Bertz CT molecular complexity index is 433. The van der Waals surface area contributed by atoms with E-state index in [1.807, 2.05) is 24.3 Å². The van der Waals surface area contributed by atoms with Gasteiger partial charge in [-0.05, 0) is 30.7 Å². The predicted octanol–water partition coefficient (Wildman–Crippen LogP) is 1.02. The van der Waals surface area contributed by atoms with Crippen molar-refractivity contribution in [1.82, 2.24) is 0 Å². The number of nitrogens with two attached hydrogens (primary N) is 1. The molecule has 1 aromatic carbocycles. The van der Waals surface area contributed by atoms with E-state index in [0.29, 0.717) is 0 Å². The van der Waals surface area contributed by atoms with Crippen molar-refractivity contribution in [3.8, 4) is 5.75 Å². The lowest BCUT2D eigenvalue weighted by Crippen LogP contribution is -2.40. The highest BCUT2D eigenvalue weighted by Crippen LogP contribution is 2.27. The summed E-state index contributed by atoms with van der Waals surface area (Å²) in [5, 5.41) is 0. The maximum Gasteiger partial charge on any atom is 0.322 e. The zero-order valence-corrected chi connectivity index (χ0v) is 11.3. The third kappa shape index (κ3) is 2.98. The molecule has 0 saturated carbocycles. The summed E-state index contributed by atoms with van der Waals surface area (Å²) < 4.78 is 9.83. The molecule has 5 heteroatoms. The van der Waals surface area contributed by atoms with Crippen molar-refractivity contribution in [1.29, 1.82) is 0 Å². The molecule has 2 unspecified atom stereocenters. The summed E-state index contributed by atoms with van der Waals surface area (Å²) in [6, 6.07) is 7.37. The topological polar surface area (TPSA) is 64.8 Å². The lowest BCUT2D eigenvalue weighted by Gasteiger charge is -2.20. The maximum absolute atomic E-state index is 11.4. The average Bonchev–Trinajstić information content (AvgIpc) is 2.95. The summed E-state index contributed by atoms with van der Waals surface area (Å²) in [7, 11) is 3.02. The minimum Gasteiger partial charge on any atom is -0.497 e. The van der Waals surface area contributed by atoms with Crippen LogP contribution in [0.15, 0.2) is 24.3 Å². The van der Waals surface area contributed by atoms with Crippen LogP contribution in [0, 0.1) is 5.92 Å². The number of nitrogens with zero attached hydrogens (tertiary/aromatic N) is 1. The van der Waals surface area contributed by atoms with Gasteiger partial charge < -0.3 is 20.1 Å². The molecular weight excluding hydrogens is 244 g/mol. The van der Waals surface area contributed by atoms with Crippen molar-refractivity contribution in [2.75, 3.05) is 32.2 Å². The monoisotopic (exact) mass is 264 g/mol. The smallest absolute Gasteiger partial charge is 0.322 e. The number of methoxy groups -OCH3 is 2. The number of benzene rings is 1. The van der Waals surface area contributed by atoms with Gasteiger partial charge in [-0.25, -0.2) is 0 Å². The van der Waals surface area contributed by atoms with E-state index < -0.39 is 6.04 Å². The number of hydrogen-bond acceptors (Lipinski definition) is 5. The molecule has 0 bridgehead atoms. The van der Waals surface area contributed by atoms with Gasteiger partial charge >= 0.3 is 5.97 Å². The van der Waals surface area contributed by atoms with Crippen molar-refractivity contribution in [3.63, 3.8) is 0 Å². The van der Waals surface area contributed by atoms with E-state index in [1.54, 1.807) is 7.11 Å². The van der Waals surface area contributed by atoms with Gasteiger partial charge in [0.2, 0.25) is 0 Å². The molecule has 5 nitrogen and oxygen atoms in total. The summed E-state index contributed by atoms with van der Waals surface area (Å²) in [6.07, 6.45) is 0.905. The number of carbonyl (C=O) groups excluding carboxylic acids is 1. The Hall–Kier alpha value is -1.75. The number of carbonyl (C=O) groups is 1. The molecule has 1 fully saturated rings. The van der Waals surface area contributed by atoms with Gasteiger partial charge in [0.05, 0.1) is 14.2 Å². The fraction of sp³-hybridized carbons (Fsp3) is 0.500. The van der Waals surface area contributed by atoms with Crippen LogP contribution in [0.1, 0.15) is 6.42 Å². The number of ether oxygens (including phenoxy) is 2. The first-order valence-corrected chi connectivity index (χ1v) is 6.38. The van der Waals surface area contributed by atoms with Crippen LogP contribution in [0.5, 0.6) is 5.75 Å². The third-order valence-electron chi connectivity index (χ3n) is 3.64. The van der Waals surface area contributed by atoms with E-state index in [4.69, 9.17) is 15.2 Å². The molecule has 0 spiro atoms. The summed E-state index contributed by atoms with van der Waals surface area (Å²) >= 11 is 0. The normalized spacial score (nSPS) is 20.2. The number of esters is 1. The van der Waals surface area contributed by atoms with Gasteiger partial charge in [-0.2, -0.15) is 0 Å². The standard InChI is InChI=1S/C14H20N2O3/c1-18-12-5-3-11(4-6-12)16-8-7-10(9-16)13(15)14(17)19-2/h3-6,10,13H,7-9,15H2,1-2H3. The van der Waals surface area contributed by atoms with E-state index >= 15 is 0 Å². The maximum atomic E-state index is 11.4. The Balaban J connectivity index is 1.99. The van der Waals surface area contributed by atoms with Gasteiger partial charge in [-0.3, -0.25) is 4.79 Å². The molecule has 2 atom stereocenters. The largest absolute Gasteiger partial charge is 0.497 e. The van der Waals surface area contributed by atoms with Crippen molar-refractivity contribution in [2.24, 2.45) is 11.7 Å². The molecule has 104 valence electrons. The Morgan fingerprint density at radius 1 is 1.37 bits per heavy atom. The SMILES string of the molecule is COC(=O)C(N)C1CCN(c2ccc(OC)cc2)C1. The molecule has 0 amide bonds. The van der Waals surface area contributed by atoms with Crippen LogP contribution in [-0.4, -0.2) is 39.3 Å². The second-order valence-electron chi connectivity index (χ2n) is 4.74. The van der Waals surface area contributed by atoms with Gasteiger partial charge in [0, 0.05) is 24.7 Å². The summed E-state index contributed by atoms with van der Waals surface area (Å²) in [4.78, 5) is 13.7. The van der Waals surface area contributed by atoms with Crippen LogP contribution in [-0.2, 0) is 9.53 Å². The lowest BCUT2D eigenvalue weighted by molar-refractivity contribution is -0.143. The average molecular weight is 264 g/mol. The Labute approximate surface area is 113 Å². The molecule has 0 aliphatic carbocycles. The van der Waals surface area contributed by atoms with Gasteiger partial charge in [-0.1, -0.05) is 0 Å². The molecule has 2 rings (SSSR count). The van der Waals surface area contributed by atoms with Crippen LogP contribution in [0.3, 0.4) is 0 Å². The Morgan fingerprint density at radius 3 is 2.63 bits per heavy atom. The van der Waals surface area contributed by atoms with Crippen molar-refractivity contribution >= 4 is 11.7 Å². The molecule has 19 heavy (non-hydrogen) atoms. The van der Waals surface area contributed by atoms with Crippen LogP contribution >= 0.6 is 0 Å². The minimum atomic E-state index is -0.534. The van der Waals surface area contributed by atoms with Crippen molar-refractivity contribution in [2.45, 2.75) is 12.5 Å². The summed E-state index contributed by atoms with van der Waals surface area (Å²) in [5.41, 5.74) is 7.02. The fourth-order valence-electron chi connectivity index (χ4n) is 2.44. The van der Waals surface area contributed by atoms with Crippen molar-refractivity contribution < 1.29 is 14.3 Å². The number of hydrogen-bond donors (Lipinski definition) is 1. The molecule has 1 aliphatic heterocycles. The molecule has 0 aromatic heterocycles. The minimum absolute atomic E-state index is 0.148. The highest BCUT2D eigenvalue weighted by atomic mass is 16.5. The first kappa shape index (κ1) is 13.7. The van der Waals surface area contributed by atoms with E-state index in [9.17, 15) is 4.79 Å². The van der Waals surface area contributed by atoms with Crippen LogP contribution in [0.25, 0.3) is 0 Å². The van der Waals surface area contributed by atoms with E-state index in [-0.39, 0.29) is 11.9 Å². The van der Waals surface area contributed by atoms with E-state index in [0.717, 1.165) is 30.9 Å². The molecule has 1 aromatic rings.